The van der Waals surface area contributed by atoms with Crippen molar-refractivity contribution in [2.24, 2.45) is 4.99 Å². The number of piperidine rings is 1. The van der Waals surface area contributed by atoms with E-state index in [4.69, 9.17) is 0 Å². The van der Waals surface area contributed by atoms with E-state index in [1.807, 2.05) is 6.92 Å². The van der Waals surface area contributed by atoms with Crippen molar-refractivity contribution in [1.82, 2.24) is 14.9 Å². The third-order valence-electron chi connectivity index (χ3n) is 3.00. The molecule has 21 heavy (non-hydrogen) atoms. The van der Waals surface area contributed by atoms with E-state index in [0.717, 1.165) is 0 Å². The highest BCUT2D eigenvalue weighted by Crippen LogP contribution is 2.28. The third kappa shape index (κ3) is 5.43. The zero-order valence-electron chi connectivity index (χ0n) is 11.8. The summed E-state index contributed by atoms with van der Waals surface area (Å²) in [5.41, 5.74) is -5.23. The summed E-state index contributed by atoms with van der Waals surface area (Å²) in [4.78, 5) is 3.96. The lowest BCUT2D eigenvalue weighted by molar-refractivity contribution is -0.0494. The van der Waals surface area contributed by atoms with Gasteiger partial charge in [0.25, 0.3) is 0 Å². The van der Waals surface area contributed by atoms with Crippen molar-refractivity contribution in [3.8, 4) is 0 Å². The maximum absolute atomic E-state index is 12.4. The first-order valence-electron chi connectivity index (χ1n) is 6.26. The van der Waals surface area contributed by atoms with Crippen molar-refractivity contribution in [2.75, 3.05) is 26.7 Å². The van der Waals surface area contributed by atoms with Crippen molar-refractivity contribution < 1.29 is 21.6 Å². The predicted octanol–water partition coefficient (Wildman–Crippen LogP) is 1.10. The van der Waals surface area contributed by atoms with E-state index >= 15 is 0 Å². The van der Waals surface area contributed by atoms with Crippen molar-refractivity contribution in [3.63, 3.8) is 0 Å². The molecule has 126 valence electrons. The molecule has 1 rings (SSSR count). The van der Waals surface area contributed by atoms with Gasteiger partial charge in [-0.2, -0.15) is 17.5 Å². The minimum atomic E-state index is -5.23. The van der Waals surface area contributed by atoms with E-state index < -0.39 is 15.5 Å². The summed E-state index contributed by atoms with van der Waals surface area (Å²) in [6.45, 7) is 2.26. The number of alkyl halides is 3. The van der Waals surface area contributed by atoms with Crippen LogP contribution < -0.4 is 10.6 Å². The molecule has 0 aromatic carbocycles. The Morgan fingerprint density at radius 1 is 1.33 bits per heavy atom. The fourth-order valence-corrected chi connectivity index (χ4v) is 2.93. The lowest BCUT2D eigenvalue weighted by atomic mass is 10.1. The van der Waals surface area contributed by atoms with E-state index in [9.17, 15) is 21.6 Å². The SMILES string of the molecule is CCNC(=NC)NC1CCN(S(=O)(=O)C(F)(F)F)CC1.I. The van der Waals surface area contributed by atoms with Crippen molar-refractivity contribution in [2.45, 2.75) is 31.3 Å². The van der Waals surface area contributed by atoms with Gasteiger partial charge in [0.2, 0.25) is 0 Å². The van der Waals surface area contributed by atoms with Crippen LogP contribution in [0.25, 0.3) is 0 Å². The highest BCUT2D eigenvalue weighted by Gasteiger charge is 2.50. The van der Waals surface area contributed by atoms with E-state index in [-0.39, 0.29) is 43.1 Å². The highest BCUT2D eigenvalue weighted by molar-refractivity contribution is 14.0. The second-order valence-electron chi connectivity index (χ2n) is 4.37. The van der Waals surface area contributed by atoms with E-state index in [0.29, 0.717) is 29.7 Å². The van der Waals surface area contributed by atoms with E-state index in [1.54, 1.807) is 7.05 Å². The van der Waals surface area contributed by atoms with Gasteiger partial charge in [-0.3, -0.25) is 4.99 Å². The molecule has 0 radical (unpaired) electrons. The van der Waals surface area contributed by atoms with Gasteiger partial charge in [0.1, 0.15) is 0 Å². The standard InChI is InChI=1S/C10H19F3N4O2S.HI/c1-3-15-9(14-2)16-8-4-6-17(7-5-8)20(18,19)10(11,12)13;/h8H,3-7H2,1-2H3,(H2,14,15,16);1H. The van der Waals surface area contributed by atoms with Gasteiger partial charge in [-0.1, -0.05) is 0 Å². The van der Waals surface area contributed by atoms with E-state index in [2.05, 4.69) is 15.6 Å². The van der Waals surface area contributed by atoms with Crippen LogP contribution in [0.4, 0.5) is 13.2 Å². The molecule has 0 amide bonds. The molecule has 1 aliphatic rings. The smallest absolute Gasteiger partial charge is 0.357 e. The Morgan fingerprint density at radius 3 is 2.24 bits per heavy atom. The van der Waals surface area contributed by atoms with Gasteiger partial charge < -0.3 is 10.6 Å². The number of aliphatic imine (C=N–C) groups is 1. The minimum absolute atomic E-state index is 0. The Balaban J connectivity index is 0.00000400. The summed E-state index contributed by atoms with van der Waals surface area (Å²) >= 11 is 0. The first-order chi connectivity index (χ1) is 9.22. The summed E-state index contributed by atoms with van der Waals surface area (Å²) in [6.07, 6.45) is 0.611. The van der Waals surface area contributed by atoms with Gasteiger partial charge >= 0.3 is 15.5 Å². The Kier molecular flexibility index (Phi) is 8.24. The average Bonchev–Trinajstić information content (AvgIpc) is 2.37. The van der Waals surface area contributed by atoms with Gasteiger partial charge in [-0.25, -0.2) is 8.42 Å². The summed E-state index contributed by atoms with van der Waals surface area (Å²) < 4.78 is 60.2. The zero-order chi connectivity index (χ0) is 15.4. The molecule has 1 saturated heterocycles. The van der Waals surface area contributed by atoms with Crippen LogP contribution in [0.1, 0.15) is 19.8 Å². The molecule has 0 atom stereocenters. The number of hydrogen-bond acceptors (Lipinski definition) is 3. The number of sulfonamides is 1. The first kappa shape index (κ1) is 20.7. The minimum Gasteiger partial charge on any atom is -0.357 e. The van der Waals surface area contributed by atoms with Gasteiger partial charge in [0, 0.05) is 32.7 Å². The summed E-state index contributed by atoms with van der Waals surface area (Å²) in [7, 11) is -3.62. The Morgan fingerprint density at radius 2 is 1.86 bits per heavy atom. The van der Waals surface area contributed by atoms with Gasteiger partial charge in [-0.05, 0) is 19.8 Å². The van der Waals surface area contributed by atoms with E-state index in [1.165, 1.54) is 0 Å². The lowest BCUT2D eigenvalue weighted by Gasteiger charge is -2.32. The number of halogens is 4. The number of nitrogens with zero attached hydrogens (tertiary/aromatic N) is 2. The summed E-state index contributed by atoms with van der Waals surface area (Å²) in [6, 6.07) is -0.0903. The molecule has 1 fully saturated rings. The molecule has 11 heteroatoms. The second-order valence-corrected chi connectivity index (χ2v) is 6.30. The molecular weight excluding hydrogens is 424 g/mol. The van der Waals surface area contributed by atoms with Crippen molar-refractivity contribution >= 4 is 40.0 Å². The maximum atomic E-state index is 12.4. The largest absolute Gasteiger partial charge is 0.511 e. The second kappa shape index (κ2) is 8.36. The Bertz CT molecular complexity index is 448. The quantitative estimate of drug-likeness (QED) is 0.389. The molecular formula is C10H20F3IN4O2S. The van der Waals surface area contributed by atoms with Gasteiger partial charge in [0.15, 0.2) is 5.96 Å². The highest BCUT2D eigenvalue weighted by atomic mass is 127. The van der Waals surface area contributed by atoms with Crippen LogP contribution in [0.5, 0.6) is 0 Å². The first-order valence-corrected chi connectivity index (χ1v) is 7.70. The molecule has 0 aliphatic carbocycles. The number of nitrogens with one attached hydrogen (secondary N) is 2. The molecule has 0 aromatic heterocycles. The fourth-order valence-electron chi connectivity index (χ4n) is 1.94. The van der Waals surface area contributed by atoms with Crippen molar-refractivity contribution in [1.29, 1.82) is 0 Å². The summed E-state index contributed by atoms with van der Waals surface area (Å²) in [5.74, 6) is 0.560. The van der Waals surface area contributed by atoms with Crippen LogP contribution >= 0.6 is 24.0 Å². The van der Waals surface area contributed by atoms with Crippen LogP contribution in [0.3, 0.4) is 0 Å². The maximum Gasteiger partial charge on any atom is 0.511 e. The van der Waals surface area contributed by atoms with Crippen molar-refractivity contribution in [3.05, 3.63) is 0 Å². The normalized spacial score (nSPS) is 19.0. The lowest BCUT2D eigenvalue weighted by Crippen LogP contribution is -2.51. The topological polar surface area (TPSA) is 73.8 Å². The molecule has 1 heterocycles. The van der Waals surface area contributed by atoms with Crippen LogP contribution in [0.2, 0.25) is 0 Å². The van der Waals surface area contributed by atoms with Crippen LogP contribution in [-0.4, -0.2) is 56.9 Å². The molecule has 6 nitrogen and oxygen atoms in total. The molecule has 0 saturated carbocycles. The van der Waals surface area contributed by atoms with Gasteiger partial charge in [-0.15, -0.1) is 24.0 Å². The molecule has 1 aliphatic heterocycles. The molecule has 0 unspecified atom stereocenters. The summed E-state index contributed by atoms with van der Waals surface area (Å²) in [5, 5.41) is 6.03. The zero-order valence-corrected chi connectivity index (χ0v) is 14.9. The fraction of sp³-hybridized carbons (Fsp3) is 0.900. The predicted molar refractivity (Wildman–Crippen MR) is 85.2 cm³/mol. The van der Waals surface area contributed by atoms with Crippen LogP contribution in [0.15, 0.2) is 4.99 Å². The molecule has 2 N–H and O–H groups in total. The molecule has 0 aromatic rings. The monoisotopic (exact) mass is 444 g/mol. The number of rotatable bonds is 3. The number of guanidine groups is 1. The molecule has 0 spiro atoms. The number of hydrogen-bond donors (Lipinski definition) is 2. The van der Waals surface area contributed by atoms with Crippen LogP contribution in [0, 0.1) is 0 Å². The Labute approximate surface area is 139 Å². The van der Waals surface area contributed by atoms with Gasteiger partial charge in [0.05, 0.1) is 0 Å². The average molecular weight is 444 g/mol. The third-order valence-corrected chi connectivity index (χ3v) is 4.62. The van der Waals surface area contributed by atoms with Crippen LogP contribution in [-0.2, 0) is 10.0 Å². The molecule has 0 bridgehead atoms. The Hall–Kier alpha value is -0.300.